The fourth-order valence-corrected chi connectivity index (χ4v) is 4.39. The third-order valence-electron chi connectivity index (χ3n) is 5.50. The van der Waals surface area contributed by atoms with Gasteiger partial charge in [0.05, 0.1) is 17.2 Å². The molecule has 0 bridgehead atoms. The van der Waals surface area contributed by atoms with Crippen molar-refractivity contribution in [1.29, 1.82) is 0 Å². The van der Waals surface area contributed by atoms with Gasteiger partial charge in [-0.15, -0.1) is 0 Å². The molecule has 0 atom stereocenters. The second-order valence-corrected chi connectivity index (χ2v) is 10.5. The lowest BCUT2D eigenvalue weighted by molar-refractivity contribution is -0.174. The predicted molar refractivity (Wildman–Crippen MR) is 167 cm³/mol. The lowest BCUT2D eigenvalue weighted by atomic mass is 10.1. The van der Waals surface area contributed by atoms with E-state index in [2.05, 4.69) is 67.7 Å². The number of halogens is 3. The molecule has 0 saturated heterocycles. The maximum absolute atomic E-state index is 5.73. The van der Waals surface area contributed by atoms with Crippen molar-refractivity contribution in [2.24, 2.45) is 0 Å². The molecule has 11 heteroatoms. The molecule has 0 amide bonds. The van der Waals surface area contributed by atoms with E-state index in [4.69, 9.17) is 15.2 Å². The first-order chi connectivity index (χ1) is 18.7. The van der Waals surface area contributed by atoms with Crippen molar-refractivity contribution >= 4 is 59.3 Å². The van der Waals surface area contributed by atoms with E-state index in [0.29, 0.717) is 21.4 Å². The van der Waals surface area contributed by atoms with Crippen LogP contribution in [0.4, 0.5) is 5.82 Å². The second-order valence-electron chi connectivity index (χ2n) is 8.36. The average Bonchev–Trinajstić information content (AvgIpc) is 3.35. The number of ether oxygens (including phenoxy) is 2. The van der Waals surface area contributed by atoms with Crippen LogP contribution in [-0.2, 0) is 9.47 Å². The van der Waals surface area contributed by atoms with Gasteiger partial charge in [0, 0.05) is 37.7 Å². The highest BCUT2D eigenvalue weighted by Crippen LogP contribution is 2.24. The van der Waals surface area contributed by atoms with Crippen molar-refractivity contribution in [3.8, 4) is 22.5 Å². The zero-order valence-electron chi connectivity index (χ0n) is 22.0. The van der Waals surface area contributed by atoms with E-state index >= 15 is 0 Å². The van der Waals surface area contributed by atoms with Crippen LogP contribution in [0.25, 0.3) is 28.2 Å². The summed E-state index contributed by atoms with van der Waals surface area (Å²) in [6.07, 6.45) is 5.50. The molecule has 2 aromatic carbocycles. The van der Waals surface area contributed by atoms with E-state index in [0.717, 1.165) is 32.8 Å². The minimum absolute atomic E-state index is 0.444. The van der Waals surface area contributed by atoms with Gasteiger partial charge in [-0.25, -0.2) is 19.9 Å². The number of nitrogen functional groups attached to an aromatic ring is 1. The van der Waals surface area contributed by atoms with Crippen molar-refractivity contribution in [3.05, 3.63) is 94.2 Å². The van der Waals surface area contributed by atoms with Crippen LogP contribution in [-0.4, -0.2) is 49.7 Å². The van der Waals surface area contributed by atoms with E-state index in [1.165, 1.54) is 0 Å². The largest absolute Gasteiger partial charge is 0.382 e. The number of hydrogen-bond donors (Lipinski definition) is 1. The molecule has 2 N–H and O–H groups in total. The lowest BCUT2D eigenvalue weighted by Gasteiger charge is -2.22. The van der Waals surface area contributed by atoms with Crippen molar-refractivity contribution in [3.63, 3.8) is 0 Å². The minimum Gasteiger partial charge on any atom is -0.382 e. The Morgan fingerprint density at radius 3 is 1.87 bits per heavy atom. The molecule has 0 aliphatic heterocycles. The maximum atomic E-state index is 5.73. The molecule has 0 aliphatic carbocycles. The summed E-state index contributed by atoms with van der Waals surface area (Å²) in [6, 6.07) is 19.8. The van der Waals surface area contributed by atoms with E-state index in [9.17, 15) is 0 Å². The van der Waals surface area contributed by atoms with Gasteiger partial charge in [-0.3, -0.25) is 0 Å². The van der Waals surface area contributed by atoms with Gasteiger partial charge in [-0.05, 0) is 45.7 Å². The Bertz CT molecular complexity index is 1470. The Morgan fingerprint density at radius 2 is 1.36 bits per heavy atom. The number of anilines is 1. The summed E-state index contributed by atoms with van der Waals surface area (Å²) in [5, 5.41) is 0.688. The van der Waals surface area contributed by atoms with Gasteiger partial charge in [0.15, 0.2) is 11.4 Å². The van der Waals surface area contributed by atoms with Crippen LogP contribution >= 0.6 is 47.8 Å². The fraction of sp³-hybridized carbons (Fsp3) is 0.214. The number of imidazole rings is 1. The smallest absolute Gasteiger partial charge is 0.174 e. The summed E-state index contributed by atoms with van der Waals surface area (Å²) < 4.78 is 13.4. The van der Waals surface area contributed by atoms with E-state index in [1.54, 1.807) is 20.4 Å². The molecule has 0 spiro atoms. The van der Waals surface area contributed by atoms with Crippen molar-refractivity contribution in [2.45, 2.75) is 19.6 Å². The Hall–Kier alpha value is -2.70. The summed E-state index contributed by atoms with van der Waals surface area (Å²) in [5.41, 5.74) is 11.3. The number of nitrogens with zero attached hydrogens (tertiary/aromatic N) is 5. The predicted octanol–water partition coefficient (Wildman–Crippen LogP) is 7.35. The van der Waals surface area contributed by atoms with Gasteiger partial charge >= 0.3 is 0 Å². The monoisotopic (exact) mass is 718 g/mol. The minimum atomic E-state index is -0.458. The van der Waals surface area contributed by atoms with Crippen molar-refractivity contribution in [2.75, 3.05) is 25.3 Å². The summed E-state index contributed by atoms with van der Waals surface area (Å²) in [5.74, 6) is -0.0144. The van der Waals surface area contributed by atoms with Crippen LogP contribution < -0.4 is 5.73 Å². The molecule has 0 saturated carbocycles. The van der Waals surface area contributed by atoms with Gasteiger partial charge in [0.25, 0.3) is 0 Å². The summed E-state index contributed by atoms with van der Waals surface area (Å²) in [7, 11) is 3.23. The highest BCUT2D eigenvalue weighted by atomic mass is 79.9. The quantitative estimate of drug-likeness (QED) is 0.150. The Balaban J connectivity index is 0.000000173. The van der Waals surface area contributed by atoms with Crippen LogP contribution in [0.3, 0.4) is 0 Å². The molecule has 3 heterocycles. The third-order valence-corrected chi connectivity index (χ3v) is 7.28. The number of nitrogens with two attached hydrogens (primary N) is 1. The zero-order chi connectivity index (χ0) is 28.4. The van der Waals surface area contributed by atoms with Crippen LogP contribution in [0.5, 0.6) is 0 Å². The molecular weight excluding hydrogens is 692 g/mol. The van der Waals surface area contributed by atoms with E-state index < -0.39 is 5.79 Å². The maximum Gasteiger partial charge on any atom is 0.174 e. The molecule has 204 valence electrons. The number of hydrogen-bond acceptors (Lipinski definition) is 7. The normalized spacial score (nSPS) is 10.8. The van der Waals surface area contributed by atoms with Crippen molar-refractivity contribution in [1.82, 2.24) is 24.3 Å². The first kappa shape index (κ1) is 30.8. The molecule has 8 nitrogen and oxygen atoms in total. The number of benzene rings is 2. The number of alkyl halides is 1. The number of fused-ring (bicyclic) bond motifs is 1. The van der Waals surface area contributed by atoms with Crippen LogP contribution in [0.1, 0.15) is 12.6 Å². The van der Waals surface area contributed by atoms with Crippen molar-refractivity contribution < 1.29 is 9.47 Å². The van der Waals surface area contributed by atoms with Crippen LogP contribution in [0.15, 0.2) is 88.5 Å². The average molecular weight is 721 g/mol. The fourth-order valence-electron chi connectivity index (χ4n) is 3.26. The Morgan fingerprint density at radius 1 is 0.821 bits per heavy atom. The summed E-state index contributed by atoms with van der Waals surface area (Å²) in [4.78, 5) is 17.3. The standard InChI is InChI=1S/C13H10BrN3.C10H8BrN3.C5H11BrO2/c1-9-7-17-8-11(14)16-12(13(17)15-9)10-5-3-2-4-6-10;11-8-6-13-10(12)9(14-8)7-4-2-1-3-5-7;1-5(4-6,7-2)8-3/h2-8H,1H3;1-6H,(H2,12,13);4H2,1-3H3. The molecule has 39 heavy (non-hydrogen) atoms. The third kappa shape index (κ3) is 8.64. The molecule has 0 aliphatic rings. The Kier molecular flexibility index (Phi) is 11.6. The first-order valence-corrected chi connectivity index (χ1v) is 14.5. The molecule has 5 rings (SSSR count). The number of aromatic nitrogens is 5. The molecule has 5 aromatic rings. The summed E-state index contributed by atoms with van der Waals surface area (Å²) >= 11 is 9.94. The van der Waals surface area contributed by atoms with E-state index in [-0.39, 0.29) is 0 Å². The molecule has 3 aromatic heterocycles. The number of aryl methyl sites for hydroxylation is 1. The van der Waals surface area contributed by atoms with E-state index in [1.807, 2.05) is 91.3 Å². The zero-order valence-corrected chi connectivity index (χ0v) is 26.7. The lowest BCUT2D eigenvalue weighted by Crippen LogP contribution is -2.31. The molecule has 0 unspecified atom stereocenters. The van der Waals surface area contributed by atoms with Crippen LogP contribution in [0, 0.1) is 6.92 Å². The van der Waals surface area contributed by atoms with Gasteiger partial charge in [-0.2, -0.15) is 0 Å². The van der Waals surface area contributed by atoms with Gasteiger partial charge < -0.3 is 19.6 Å². The molecule has 0 radical (unpaired) electrons. The highest BCUT2D eigenvalue weighted by molar-refractivity contribution is 9.10. The second kappa shape index (κ2) is 14.6. The number of rotatable bonds is 5. The molecular formula is C28H29Br3N6O2. The first-order valence-electron chi connectivity index (χ1n) is 11.8. The van der Waals surface area contributed by atoms with Crippen LogP contribution in [0.2, 0.25) is 0 Å². The topological polar surface area (TPSA) is 100 Å². The SMILES string of the molecule is COC(C)(CBr)OC.Cc1cn2cc(Br)nc(-c3ccccc3)c2n1.Nc1ncc(Br)nc1-c1ccccc1. The Labute approximate surface area is 253 Å². The number of methoxy groups -OCH3 is 2. The van der Waals surface area contributed by atoms with Gasteiger partial charge in [0.2, 0.25) is 0 Å². The highest BCUT2D eigenvalue weighted by Gasteiger charge is 2.19. The summed E-state index contributed by atoms with van der Waals surface area (Å²) in [6.45, 7) is 3.84. The molecule has 0 fully saturated rings. The van der Waals surface area contributed by atoms with Gasteiger partial charge in [0.1, 0.15) is 26.4 Å². The van der Waals surface area contributed by atoms with Gasteiger partial charge in [-0.1, -0.05) is 76.6 Å².